The topological polar surface area (TPSA) is 98.8 Å². The summed E-state index contributed by atoms with van der Waals surface area (Å²) in [4.78, 5) is 52.2. The minimum absolute atomic E-state index is 0.0588. The van der Waals surface area contributed by atoms with E-state index < -0.39 is 41.4 Å². The van der Waals surface area contributed by atoms with Crippen molar-refractivity contribution in [3.63, 3.8) is 0 Å². The van der Waals surface area contributed by atoms with E-state index in [1.807, 2.05) is 63.3 Å². The first kappa shape index (κ1) is 28.5. The summed E-state index contributed by atoms with van der Waals surface area (Å²) in [5.74, 6) is -3.16. The fourth-order valence-corrected chi connectivity index (χ4v) is 6.95. The fraction of sp³-hybridized carbons (Fsp3) is 0.500. The Hall–Kier alpha value is -3.48. The van der Waals surface area contributed by atoms with Crippen LogP contribution in [0.2, 0.25) is 0 Å². The van der Waals surface area contributed by atoms with Crippen molar-refractivity contribution in [3.8, 4) is 0 Å². The molecule has 1 saturated heterocycles. The minimum atomic E-state index is -1.30. The zero-order chi connectivity index (χ0) is 28.5. The number of esters is 2. The van der Waals surface area contributed by atoms with Gasteiger partial charge >= 0.3 is 11.9 Å². The van der Waals surface area contributed by atoms with Crippen LogP contribution >= 0.6 is 0 Å². The van der Waals surface area contributed by atoms with Crippen LogP contribution < -0.4 is 5.32 Å². The van der Waals surface area contributed by atoms with Crippen LogP contribution in [-0.4, -0.2) is 41.9 Å². The lowest BCUT2D eigenvalue weighted by Gasteiger charge is -2.53. The summed E-state index contributed by atoms with van der Waals surface area (Å²) in [7, 11) is 0. The third-order valence-corrected chi connectivity index (χ3v) is 8.76. The molecule has 9 atom stereocenters. The lowest BCUT2D eigenvalue weighted by Crippen LogP contribution is -2.61. The number of allylic oxidation sites excluding steroid dienone is 2. The van der Waals surface area contributed by atoms with Crippen LogP contribution in [-0.2, 0) is 35.1 Å². The number of ether oxygens (including phenoxy) is 2. The van der Waals surface area contributed by atoms with Gasteiger partial charge in [0, 0.05) is 43.6 Å². The first-order valence-electron chi connectivity index (χ1n) is 13.7. The lowest BCUT2D eigenvalue weighted by atomic mass is 9.51. The Kier molecular flexibility index (Phi) is 8.28. The molecule has 1 saturated carbocycles. The molecule has 1 heterocycles. The summed E-state index contributed by atoms with van der Waals surface area (Å²) in [6.07, 6.45) is 6.47. The second kappa shape index (κ2) is 11.3. The van der Waals surface area contributed by atoms with Gasteiger partial charge in [0.05, 0.1) is 0 Å². The molecule has 0 radical (unpaired) electrons. The standard InChI is InChI=1S/C32H39NO6/c1-18-11-10-14-25-30(39-23(6)35)21(4)20(3)28-26(17-24-12-8-7-9-13-24)33-31(37)32(25,28)27(38-22(5)34)16-15-19(2)29(18)36/h7-10,12-16,18-20,25-28,30H,4,11,17H2,1-3,5-6H3,(H,33,37)/t18-,19-,20+,25-,26-,27-,28-,30+,32+/m0/s1. The van der Waals surface area contributed by atoms with Crippen molar-refractivity contribution in [2.24, 2.45) is 35.0 Å². The van der Waals surface area contributed by atoms with Gasteiger partial charge in [-0.1, -0.05) is 75.9 Å². The van der Waals surface area contributed by atoms with Crippen LogP contribution in [0.4, 0.5) is 0 Å². The highest BCUT2D eigenvalue weighted by molar-refractivity contribution is 5.89. The van der Waals surface area contributed by atoms with Crippen LogP contribution in [0.15, 0.2) is 66.8 Å². The van der Waals surface area contributed by atoms with Crippen LogP contribution in [0.5, 0.6) is 0 Å². The van der Waals surface area contributed by atoms with Crippen molar-refractivity contribution in [1.29, 1.82) is 0 Å². The highest BCUT2D eigenvalue weighted by Crippen LogP contribution is 2.59. The van der Waals surface area contributed by atoms with Crippen LogP contribution in [0.25, 0.3) is 0 Å². The summed E-state index contributed by atoms with van der Waals surface area (Å²) >= 11 is 0. The largest absolute Gasteiger partial charge is 0.457 e. The van der Waals surface area contributed by atoms with Gasteiger partial charge in [-0.25, -0.2) is 0 Å². The van der Waals surface area contributed by atoms with Gasteiger partial charge in [0.2, 0.25) is 5.91 Å². The van der Waals surface area contributed by atoms with Crippen molar-refractivity contribution in [1.82, 2.24) is 5.32 Å². The molecule has 1 spiro atoms. The number of ketones is 1. The van der Waals surface area contributed by atoms with Gasteiger partial charge in [-0.3, -0.25) is 19.2 Å². The Morgan fingerprint density at radius 3 is 2.31 bits per heavy atom. The summed E-state index contributed by atoms with van der Waals surface area (Å²) in [6.45, 7) is 12.7. The molecule has 1 N–H and O–H groups in total. The van der Waals surface area contributed by atoms with Crippen LogP contribution in [0.3, 0.4) is 0 Å². The van der Waals surface area contributed by atoms with E-state index in [0.29, 0.717) is 18.4 Å². The van der Waals surface area contributed by atoms with Crippen LogP contribution in [0.1, 0.15) is 46.6 Å². The lowest BCUT2D eigenvalue weighted by molar-refractivity contribution is -0.173. The number of nitrogens with one attached hydrogen (secondary N) is 1. The van der Waals surface area contributed by atoms with Gasteiger partial charge in [-0.05, 0) is 36.0 Å². The number of hydrogen-bond donors (Lipinski definition) is 1. The van der Waals surface area contributed by atoms with E-state index in [1.165, 1.54) is 13.8 Å². The average Bonchev–Trinajstić information content (AvgIpc) is 3.17. The van der Waals surface area contributed by atoms with Crippen molar-refractivity contribution >= 4 is 23.6 Å². The molecule has 2 fully saturated rings. The summed E-state index contributed by atoms with van der Waals surface area (Å²) in [6, 6.07) is 9.63. The number of benzene rings is 1. The molecule has 1 aromatic rings. The number of carbonyl (C=O) groups is 4. The molecule has 0 unspecified atom stereocenters. The van der Waals surface area contributed by atoms with Gasteiger partial charge in [-0.2, -0.15) is 0 Å². The van der Waals surface area contributed by atoms with E-state index in [1.54, 1.807) is 12.2 Å². The molecule has 39 heavy (non-hydrogen) atoms. The minimum Gasteiger partial charge on any atom is -0.457 e. The normalized spacial score (nSPS) is 36.3. The molecule has 1 aromatic carbocycles. The quantitative estimate of drug-likeness (QED) is 0.456. The van der Waals surface area contributed by atoms with Gasteiger partial charge in [0.25, 0.3) is 0 Å². The Morgan fingerprint density at radius 2 is 1.67 bits per heavy atom. The van der Waals surface area contributed by atoms with Gasteiger partial charge in [0.15, 0.2) is 0 Å². The number of amides is 1. The van der Waals surface area contributed by atoms with Crippen molar-refractivity contribution < 1.29 is 28.7 Å². The Bertz CT molecular complexity index is 1200. The molecular formula is C32H39NO6. The predicted octanol–water partition coefficient (Wildman–Crippen LogP) is 4.37. The highest BCUT2D eigenvalue weighted by Gasteiger charge is 2.69. The van der Waals surface area contributed by atoms with E-state index in [9.17, 15) is 19.2 Å². The van der Waals surface area contributed by atoms with Gasteiger partial charge in [-0.15, -0.1) is 0 Å². The molecule has 7 nitrogen and oxygen atoms in total. The molecule has 4 rings (SSSR count). The molecule has 1 amide bonds. The Balaban J connectivity index is 1.97. The smallest absolute Gasteiger partial charge is 0.303 e. The van der Waals surface area contributed by atoms with Crippen molar-refractivity contribution in [2.75, 3.05) is 0 Å². The highest BCUT2D eigenvalue weighted by atomic mass is 16.6. The number of Topliss-reactive ketones (excluding diaryl/α,β-unsaturated/α-hetero) is 1. The second-order valence-corrected chi connectivity index (χ2v) is 11.3. The summed E-state index contributed by atoms with van der Waals surface area (Å²) < 4.78 is 11.8. The first-order chi connectivity index (χ1) is 18.5. The average molecular weight is 534 g/mol. The molecule has 0 bridgehead atoms. The van der Waals surface area contributed by atoms with E-state index in [4.69, 9.17) is 9.47 Å². The van der Waals surface area contributed by atoms with Gasteiger partial charge in [0.1, 0.15) is 23.4 Å². The molecule has 0 aromatic heterocycles. The molecule has 2 aliphatic carbocycles. The maximum atomic E-state index is 14.4. The molecular weight excluding hydrogens is 494 g/mol. The third kappa shape index (κ3) is 5.23. The second-order valence-electron chi connectivity index (χ2n) is 11.3. The molecule has 7 heteroatoms. The SMILES string of the molecule is C=C1[C@@H](C)[C@H]2[C@H](Cc3ccccc3)NC(=O)[C@]23[C@@H](OC(C)=O)C=C[C@H](C)C(=O)[C@@H](C)CC=C[C@H]3[C@@H]1OC(C)=O. The molecule has 3 aliphatic rings. The monoisotopic (exact) mass is 533 g/mol. The third-order valence-electron chi connectivity index (χ3n) is 8.76. The Labute approximate surface area is 230 Å². The number of rotatable bonds is 4. The number of hydrogen-bond acceptors (Lipinski definition) is 6. The van der Waals surface area contributed by atoms with Crippen molar-refractivity contribution in [3.05, 3.63) is 72.4 Å². The number of carbonyl (C=O) groups excluding carboxylic acids is 4. The molecule has 1 aliphatic heterocycles. The maximum Gasteiger partial charge on any atom is 0.303 e. The van der Waals surface area contributed by atoms with E-state index in [-0.39, 0.29) is 35.5 Å². The molecule has 208 valence electrons. The van der Waals surface area contributed by atoms with E-state index in [2.05, 4.69) is 11.9 Å². The summed E-state index contributed by atoms with van der Waals surface area (Å²) in [5.41, 5.74) is 0.485. The predicted molar refractivity (Wildman–Crippen MR) is 147 cm³/mol. The zero-order valence-corrected chi connectivity index (χ0v) is 23.4. The summed E-state index contributed by atoms with van der Waals surface area (Å²) in [5, 5.41) is 3.24. The van der Waals surface area contributed by atoms with E-state index in [0.717, 1.165) is 5.56 Å². The maximum absolute atomic E-state index is 14.4. The first-order valence-corrected chi connectivity index (χ1v) is 13.7. The van der Waals surface area contributed by atoms with E-state index >= 15 is 0 Å². The fourth-order valence-electron chi connectivity index (χ4n) is 6.95. The Morgan fingerprint density at radius 1 is 1.00 bits per heavy atom. The zero-order valence-electron chi connectivity index (χ0n) is 23.4. The van der Waals surface area contributed by atoms with Gasteiger partial charge < -0.3 is 14.8 Å². The van der Waals surface area contributed by atoms with Crippen LogP contribution in [0, 0.1) is 35.0 Å². The van der Waals surface area contributed by atoms with Crippen molar-refractivity contribution in [2.45, 2.75) is 65.7 Å².